The number of carbonyl (C=O) groups excluding carboxylic acids is 1. The van der Waals surface area contributed by atoms with E-state index in [1.165, 1.54) is 0 Å². The van der Waals surface area contributed by atoms with Gasteiger partial charge in [0.15, 0.2) is 0 Å². The van der Waals surface area contributed by atoms with Crippen LogP contribution in [0.1, 0.15) is 21.5 Å². The molecule has 0 fully saturated rings. The quantitative estimate of drug-likeness (QED) is 0.819. The number of aryl methyl sites for hydroxylation is 2. The molecule has 0 aromatic heterocycles. The predicted molar refractivity (Wildman–Crippen MR) is 79.7 cm³/mol. The average molecular weight is 275 g/mol. The molecule has 98 valence electrons. The average Bonchev–Trinajstić information content (AvgIpc) is 2.37. The van der Waals surface area contributed by atoms with Crippen molar-refractivity contribution in [3.63, 3.8) is 0 Å². The van der Waals surface area contributed by atoms with Crippen molar-refractivity contribution < 1.29 is 4.79 Å². The van der Waals surface area contributed by atoms with E-state index < -0.39 is 0 Å². The first-order chi connectivity index (χ1) is 8.97. The van der Waals surface area contributed by atoms with E-state index in [9.17, 15) is 4.79 Å². The number of halogens is 1. The molecule has 2 rings (SSSR count). The molecule has 0 aliphatic heterocycles. The number of hydrogen-bond acceptors (Lipinski definition) is 2. The van der Waals surface area contributed by atoms with Gasteiger partial charge in [-0.25, -0.2) is 0 Å². The van der Waals surface area contributed by atoms with Crippen molar-refractivity contribution in [1.29, 1.82) is 0 Å². The molecule has 0 unspecified atom stereocenters. The second-order valence-electron chi connectivity index (χ2n) is 4.49. The monoisotopic (exact) mass is 274 g/mol. The van der Waals surface area contributed by atoms with Gasteiger partial charge in [0.25, 0.3) is 5.91 Å². The van der Waals surface area contributed by atoms with Crippen LogP contribution in [-0.4, -0.2) is 5.91 Å². The van der Waals surface area contributed by atoms with Gasteiger partial charge in [-0.1, -0.05) is 17.7 Å². The highest BCUT2D eigenvalue weighted by molar-refractivity contribution is 6.31. The maximum atomic E-state index is 12.1. The fraction of sp³-hybridized carbons (Fsp3) is 0.133. The Kier molecular flexibility index (Phi) is 3.76. The van der Waals surface area contributed by atoms with E-state index in [0.29, 0.717) is 22.0 Å². The number of nitrogens with one attached hydrogen (secondary N) is 1. The molecule has 0 bridgehead atoms. The fourth-order valence-electron chi connectivity index (χ4n) is 1.69. The number of amides is 1. The lowest BCUT2D eigenvalue weighted by molar-refractivity contribution is 0.102. The zero-order chi connectivity index (χ0) is 14.0. The van der Waals surface area contributed by atoms with E-state index in [1.807, 2.05) is 26.0 Å². The zero-order valence-corrected chi connectivity index (χ0v) is 11.6. The molecule has 0 spiro atoms. The molecule has 19 heavy (non-hydrogen) atoms. The highest BCUT2D eigenvalue weighted by Crippen LogP contribution is 2.21. The SMILES string of the molecule is Cc1cc(C(=O)Nc2ccc(C)c(Cl)c2)ccc1N. The van der Waals surface area contributed by atoms with Gasteiger partial charge >= 0.3 is 0 Å². The summed E-state index contributed by atoms with van der Waals surface area (Å²) in [5.74, 6) is -0.178. The second-order valence-corrected chi connectivity index (χ2v) is 4.90. The second kappa shape index (κ2) is 5.33. The summed E-state index contributed by atoms with van der Waals surface area (Å²) >= 11 is 6.02. The van der Waals surface area contributed by atoms with Gasteiger partial charge in [-0.15, -0.1) is 0 Å². The van der Waals surface area contributed by atoms with E-state index in [4.69, 9.17) is 17.3 Å². The lowest BCUT2D eigenvalue weighted by Crippen LogP contribution is -2.12. The normalized spacial score (nSPS) is 10.3. The van der Waals surface area contributed by atoms with E-state index >= 15 is 0 Å². The van der Waals surface area contributed by atoms with E-state index in [2.05, 4.69) is 5.32 Å². The molecular weight excluding hydrogens is 260 g/mol. The third-order valence-electron chi connectivity index (χ3n) is 2.96. The number of nitrogen functional groups attached to an aromatic ring is 1. The van der Waals surface area contributed by atoms with Crippen LogP contribution in [0.15, 0.2) is 36.4 Å². The van der Waals surface area contributed by atoms with E-state index in [-0.39, 0.29) is 5.91 Å². The molecular formula is C15H15ClN2O. The molecule has 0 atom stereocenters. The third kappa shape index (κ3) is 3.06. The van der Waals surface area contributed by atoms with Crippen LogP contribution in [-0.2, 0) is 0 Å². The smallest absolute Gasteiger partial charge is 0.255 e. The van der Waals surface area contributed by atoms with Crippen molar-refractivity contribution >= 4 is 28.9 Å². The van der Waals surface area contributed by atoms with Crippen LogP contribution in [0.5, 0.6) is 0 Å². The van der Waals surface area contributed by atoms with Crippen LogP contribution < -0.4 is 11.1 Å². The van der Waals surface area contributed by atoms with Crippen molar-refractivity contribution in [2.24, 2.45) is 0 Å². The van der Waals surface area contributed by atoms with Crippen LogP contribution in [0.2, 0.25) is 5.02 Å². The van der Waals surface area contributed by atoms with Gasteiger partial charge in [-0.3, -0.25) is 4.79 Å². The molecule has 0 saturated heterocycles. The molecule has 1 amide bonds. The summed E-state index contributed by atoms with van der Waals surface area (Å²) in [6.45, 7) is 3.78. The zero-order valence-electron chi connectivity index (χ0n) is 10.8. The number of carbonyl (C=O) groups is 1. The van der Waals surface area contributed by atoms with E-state index in [0.717, 1.165) is 11.1 Å². The number of benzene rings is 2. The Morgan fingerprint density at radius 1 is 1.11 bits per heavy atom. The Hall–Kier alpha value is -2.00. The Labute approximate surface area is 117 Å². The van der Waals surface area contributed by atoms with Crippen molar-refractivity contribution in [3.05, 3.63) is 58.1 Å². The van der Waals surface area contributed by atoms with Crippen LogP contribution >= 0.6 is 11.6 Å². The first kappa shape index (κ1) is 13.4. The van der Waals surface area contributed by atoms with Gasteiger partial charge in [0.2, 0.25) is 0 Å². The topological polar surface area (TPSA) is 55.1 Å². The molecule has 3 nitrogen and oxygen atoms in total. The minimum absolute atomic E-state index is 0.178. The minimum Gasteiger partial charge on any atom is -0.399 e. The minimum atomic E-state index is -0.178. The van der Waals surface area contributed by atoms with Gasteiger partial charge in [-0.2, -0.15) is 0 Å². The van der Waals surface area contributed by atoms with Gasteiger partial charge in [-0.05, 0) is 55.3 Å². The molecule has 0 heterocycles. The Bertz CT molecular complexity index is 638. The van der Waals surface area contributed by atoms with Gasteiger partial charge in [0.1, 0.15) is 0 Å². The molecule has 0 radical (unpaired) electrons. The number of anilines is 2. The summed E-state index contributed by atoms with van der Waals surface area (Å²) in [7, 11) is 0. The maximum Gasteiger partial charge on any atom is 0.255 e. The van der Waals surface area contributed by atoms with Crippen LogP contribution in [0.25, 0.3) is 0 Å². The number of hydrogen-bond donors (Lipinski definition) is 2. The lowest BCUT2D eigenvalue weighted by atomic mass is 10.1. The maximum absolute atomic E-state index is 12.1. The summed E-state index contributed by atoms with van der Waals surface area (Å²) in [6.07, 6.45) is 0. The predicted octanol–water partition coefficient (Wildman–Crippen LogP) is 3.79. The van der Waals surface area contributed by atoms with Gasteiger partial charge < -0.3 is 11.1 Å². The standard InChI is InChI=1S/C15H15ClN2O/c1-9-3-5-12(8-13(9)16)18-15(19)11-4-6-14(17)10(2)7-11/h3-8H,17H2,1-2H3,(H,18,19). The molecule has 0 aliphatic rings. The molecule has 0 saturated carbocycles. The van der Waals surface area contributed by atoms with Crippen molar-refractivity contribution in [1.82, 2.24) is 0 Å². The fourth-order valence-corrected chi connectivity index (χ4v) is 1.87. The van der Waals surface area contributed by atoms with Crippen LogP contribution in [0.4, 0.5) is 11.4 Å². The first-order valence-electron chi connectivity index (χ1n) is 5.91. The first-order valence-corrected chi connectivity index (χ1v) is 6.29. The molecule has 3 N–H and O–H groups in total. The third-order valence-corrected chi connectivity index (χ3v) is 3.37. The Morgan fingerprint density at radius 3 is 2.47 bits per heavy atom. The summed E-state index contributed by atoms with van der Waals surface area (Å²) in [5, 5.41) is 3.44. The van der Waals surface area contributed by atoms with Crippen LogP contribution in [0, 0.1) is 13.8 Å². The highest BCUT2D eigenvalue weighted by atomic mass is 35.5. The molecule has 0 aliphatic carbocycles. The van der Waals surface area contributed by atoms with Gasteiger partial charge in [0.05, 0.1) is 0 Å². The largest absolute Gasteiger partial charge is 0.399 e. The van der Waals surface area contributed by atoms with Crippen molar-refractivity contribution in [3.8, 4) is 0 Å². The lowest BCUT2D eigenvalue weighted by Gasteiger charge is -2.08. The van der Waals surface area contributed by atoms with Crippen molar-refractivity contribution in [2.45, 2.75) is 13.8 Å². The summed E-state index contributed by atoms with van der Waals surface area (Å²) in [6, 6.07) is 10.6. The highest BCUT2D eigenvalue weighted by Gasteiger charge is 2.08. The van der Waals surface area contributed by atoms with E-state index in [1.54, 1.807) is 24.3 Å². The Balaban J connectivity index is 2.20. The van der Waals surface area contributed by atoms with Crippen LogP contribution in [0.3, 0.4) is 0 Å². The summed E-state index contributed by atoms with van der Waals surface area (Å²) in [4.78, 5) is 12.1. The molecule has 2 aromatic rings. The summed E-state index contributed by atoms with van der Waals surface area (Å²) in [5.41, 5.74) is 9.51. The Morgan fingerprint density at radius 2 is 1.84 bits per heavy atom. The van der Waals surface area contributed by atoms with Gasteiger partial charge in [0, 0.05) is 22.0 Å². The molecule has 2 aromatic carbocycles. The molecule has 4 heteroatoms. The summed E-state index contributed by atoms with van der Waals surface area (Å²) < 4.78 is 0. The number of nitrogens with two attached hydrogens (primary N) is 1. The van der Waals surface area contributed by atoms with Crippen molar-refractivity contribution in [2.75, 3.05) is 11.1 Å². The number of rotatable bonds is 2.